The lowest BCUT2D eigenvalue weighted by atomic mass is 9.98. The van der Waals surface area contributed by atoms with Crippen LogP contribution in [0, 0.1) is 0 Å². The molecular weight excluding hydrogens is 630 g/mol. The predicted molar refractivity (Wildman–Crippen MR) is 165 cm³/mol. The van der Waals surface area contributed by atoms with Gasteiger partial charge in [0.2, 0.25) is 12.1 Å². The zero-order valence-corrected chi connectivity index (χ0v) is 26.0. The molecule has 1 unspecified atom stereocenters. The number of ether oxygens (including phenoxy) is 4. The lowest BCUT2D eigenvalue weighted by Gasteiger charge is -2.12. The highest BCUT2D eigenvalue weighted by Gasteiger charge is 2.20. The maximum Gasteiger partial charge on any atom is 0.510 e. The number of nitrogens with zero attached hydrogens (tertiary/aromatic N) is 7. The van der Waals surface area contributed by atoms with E-state index in [0.717, 1.165) is 21.5 Å². The predicted octanol–water partition coefficient (Wildman–Crippen LogP) is 4.20. The van der Waals surface area contributed by atoms with Gasteiger partial charge in [-0.15, -0.1) is 15.0 Å². The summed E-state index contributed by atoms with van der Waals surface area (Å²) in [6.45, 7) is 3.97. The normalized spacial score (nSPS) is 11.9. The average Bonchev–Trinajstić information content (AvgIpc) is 3.70. The van der Waals surface area contributed by atoms with Crippen molar-refractivity contribution in [3.8, 4) is 28.5 Å². The van der Waals surface area contributed by atoms with Crippen LogP contribution in [0.2, 0.25) is 0 Å². The van der Waals surface area contributed by atoms with E-state index in [0.29, 0.717) is 41.6 Å². The fraction of sp³-hybridized carbons (Fsp3) is 0.290. The number of tetrazole rings is 1. The first-order chi connectivity index (χ1) is 23.2. The lowest BCUT2D eigenvalue weighted by molar-refractivity contribution is -0.493. The molecule has 0 bridgehead atoms. The number of imidazole rings is 1. The van der Waals surface area contributed by atoms with Gasteiger partial charge in [-0.05, 0) is 47.9 Å². The summed E-state index contributed by atoms with van der Waals surface area (Å²) in [6, 6.07) is 20.6. The summed E-state index contributed by atoms with van der Waals surface area (Å²) in [5.41, 5.74) is 4.48. The number of aromatic carboxylic acids is 1. The van der Waals surface area contributed by atoms with Crippen LogP contribution in [-0.2, 0) is 25.6 Å². The van der Waals surface area contributed by atoms with Crippen molar-refractivity contribution in [2.24, 2.45) is 0 Å². The van der Waals surface area contributed by atoms with Gasteiger partial charge in [0, 0.05) is 5.56 Å². The minimum atomic E-state index is -1.05. The highest BCUT2D eigenvalue weighted by Crippen LogP contribution is 2.31. The molecule has 0 radical (unpaired) electrons. The molecule has 17 heteroatoms. The van der Waals surface area contributed by atoms with Crippen molar-refractivity contribution in [2.45, 2.75) is 26.6 Å². The van der Waals surface area contributed by atoms with E-state index >= 15 is 0 Å². The fourth-order valence-electron chi connectivity index (χ4n) is 4.80. The van der Waals surface area contributed by atoms with E-state index in [4.69, 9.17) is 29.4 Å². The lowest BCUT2D eigenvalue weighted by Crippen LogP contribution is -2.20. The molecule has 0 aliphatic heterocycles. The number of carbonyl (C=O) groups is 2. The van der Waals surface area contributed by atoms with Crippen LogP contribution in [-0.4, -0.2) is 95.8 Å². The first-order valence-electron chi connectivity index (χ1n) is 14.8. The fourth-order valence-corrected chi connectivity index (χ4v) is 4.80. The van der Waals surface area contributed by atoms with Crippen molar-refractivity contribution >= 4 is 23.2 Å². The largest absolute Gasteiger partial charge is 0.510 e. The molecule has 2 aromatic heterocycles. The molecule has 1 atom stereocenters. The molecule has 0 aliphatic carbocycles. The highest BCUT2D eigenvalue weighted by atomic mass is 17.1. The summed E-state index contributed by atoms with van der Waals surface area (Å²) >= 11 is 0. The summed E-state index contributed by atoms with van der Waals surface area (Å²) in [6.07, 6.45) is -1.89. The second kappa shape index (κ2) is 15.9. The van der Waals surface area contributed by atoms with Gasteiger partial charge in [-0.1, -0.05) is 54.6 Å². The molecule has 3 aromatic carbocycles. The maximum absolute atomic E-state index is 12.1. The van der Waals surface area contributed by atoms with Crippen molar-refractivity contribution in [1.29, 1.82) is 0 Å². The van der Waals surface area contributed by atoms with Gasteiger partial charge in [-0.3, -0.25) is 15.0 Å². The van der Waals surface area contributed by atoms with Crippen LogP contribution in [0.1, 0.15) is 36.0 Å². The molecule has 2 heterocycles. The van der Waals surface area contributed by atoms with Crippen molar-refractivity contribution in [1.82, 2.24) is 35.1 Å². The van der Waals surface area contributed by atoms with Crippen molar-refractivity contribution in [3.05, 3.63) is 77.9 Å². The number of hydrogen-bond donors (Lipinski definition) is 3. The van der Waals surface area contributed by atoms with Gasteiger partial charge < -0.3 is 24.1 Å². The van der Waals surface area contributed by atoms with Crippen molar-refractivity contribution in [3.63, 3.8) is 0 Å². The summed E-state index contributed by atoms with van der Waals surface area (Å²) < 4.78 is 22.8. The number of aromatic nitrogens is 6. The number of para-hydroxylation sites is 1. The minimum Gasteiger partial charge on any atom is -0.478 e. The molecule has 0 amide bonds. The third-order valence-electron chi connectivity index (χ3n) is 6.91. The Labute approximate surface area is 273 Å². The third kappa shape index (κ3) is 8.27. The van der Waals surface area contributed by atoms with Crippen LogP contribution in [0.5, 0.6) is 6.01 Å². The number of rotatable bonds is 16. The molecule has 17 nitrogen and oxygen atoms in total. The number of benzene rings is 3. The Bertz CT molecular complexity index is 1840. The minimum absolute atomic E-state index is 0.0353. The Morgan fingerprint density at radius 2 is 1.69 bits per heavy atom. The van der Waals surface area contributed by atoms with E-state index in [1.807, 2.05) is 55.5 Å². The summed E-state index contributed by atoms with van der Waals surface area (Å²) in [4.78, 5) is 34.0. The van der Waals surface area contributed by atoms with E-state index in [1.54, 1.807) is 29.7 Å². The van der Waals surface area contributed by atoms with E-state index in [9.17, 15) is 14.7 Å². The van der Waals surface area contributed by atoms with Crippen molar-refractivity contribution in [2.75, 3.05) is 33.0 Å². The monoisotopic (exact) mass is 663 g/mol. The van der Waals surface area contributed by atoms with Gasteiger partial charge in [0.25, 0.3) is 6.01 Å². The summed E-state index contributed by atoms with van der Waals surface area (Å²) in [7, 11) is 0. The molecule has 0 aliphatic rings. The Morgan fingerprint density at radius 3 is 2.42 bits per heavy atom. The Hall–Kier alpha value is -5.46. The van der Waals surface area contributed by atoms with Gasteiger partial charge in [-0.2, -0.15) is 4.98 Å². The van der Waals surface area contributed by atoms with E-state index < -0.39 is 23.7 Å². The van der Waals surface area contributed by atoms with Gasteiger partial charge in [-0.25, -0.2) is 14.4 Å². The number of carboxylic acids is 1. The quantitative estimate of drug-likeness (QED) is 0.0768. The second-order valence-electron chi connectivity index (χ2n) is 10.1. The summed E-state index contributed by atoms with van der Waals surface area (Å²) in [5, 5.41) is 38.9. The van der Waals surface area contributed by atoms with Gasteiger partial charge in [0.05, 0.1) is 55.0 Å². The molecule has 0 spiro atoms. The topological polar surface area (TPSA) is 206 Å². The highest BCUT2D eigenvalue weighted by molar-refractivity contribution is 6.01. The van der Waals surface area contributed by atoms with Crippen LogP contribution in [0.3, 0.4) is 0 Å². The maximum atomic E-state index is 12.1. The molecule has 0 saturated heterocycles. The zero-order valence-electron chi connectivity index (χ0n) is 26.0. The Morgan fingerprint density at radius 1 is 0.938 bits per heavy atom. The molecule has 252 valence electrons. The SMILES string of the molecule is CCOc1nc2cccc(C(=O)O)c2n1Cc1ccc(-c2ccccc2-c2nnn(C(C)OC(=O)OCCOCCON(O)O)n2)cc1. The van der Waals surface area contributed by atoms with Crippen molar-refractivity contribution < 1.29 is 48.9 Å². The standard InChI is InChI=1S/C31H33N7O10/c1-3-45-30-32-26-10-6-9-25(29(39)40)27(26)36(30)19-21-11-13-22(14-12-21)23-7-4-5-8-24(23)28-33-35-37(34-28)20(2)48-31(41)46-17-15-44-16-18-47-38(42)43/h4-14,20,42-43H,3,15-19H2,1-2H3,(H,39,40). The van der Waals surface area contributed by atoms with Gasteiger partial charge >= 0.3 is 12.1 Å². The Balaban J connectivity index is 1.25. The van der Waals surface area contributed by atoms with Crippen LogP contribution >= 0.6 is 0 Å². The third-order valence-corrected chi connectivity index (χ3v) is 6.91. The zero-order chi connectivity index (χ0) is 34.0. The first kappa shape index (κ1) is 33.9. The summed E-state index contributed by atoms with van der Waals surface area (Å²) in [5.74, 6) is -0.736. The van der Waals surface area contributed by atoms with E-state index in [1.165, 1.54) is 0 Å². The smallest absolute Gasteiger partial charge is 0.478 e. The van der Waals surface area contributed by atoms with Crippen LogP contribution in [0.15, 0.2) is 66.7 Å². The molecular formula is C31H33N7O10. The Kier molecular flexibility index (Phi) is 11.2. The van der Waals surface area contributed by atoms with Gasteiger partial charge in [0.1, 0.15) is 6.61 Å². The molecule has 3 N–H and O–H groups in total. The van der Waals surface area contributed by atoms with Crippen LogP contribution in [0.4, 0.5) is 4.79 Å². The molecule has 48 heavy (non-hydrogen) atoms. The van der Waals surface area contributed by atoms with E-state index in [2.05, 4.69) is 25.2 Å². The average molecular weight is 664 g/mol. The molecule has 0 saturated carbocycles. The molecule has 5 rings (SSSR count). The molecule has 5 aromatic rings. The van der Waals surface area contributed by atoms with Crippen LogP contribution in [0.25, 0.3) is 33.5 Å². The number of hydrogen-bond acceptors (Lipinski definition) is 14. The second-order valence-corrected chi connectivity index (χ2v) is 10.1. The number of fused-ring (bicyclic) bond motifs is 1. The van der Waals surface area contributed by atoms with Gasteiger partial charge in [0.15, 0.2) is 0 Å². The number of carbonyl (C=O) groups excluding carboxylic acids is 1. The molecule has 0 fully saturated rings. The van der Waals surface area contributed by atoms with E-state index in [-0.39, 0.29) is 32.0 Å². The number of carboxylic acid groups (broad SMARTS) is 1. The van der Waals surface area contributed by atoms with Crippen LogP contribution < -0.4 is 4.74 Å². The first-order valence-corrected chi connectivity index (χ1v) is 14.8.